The van der Waals surface area contributed by atoms with Crippen molar-refractivity contribution < 1.29 is 19.7 Å². The van der Waals surface area contributed by atoms with Crippen LogP contribution >= 0.6 is 11.6 Å². The van der Waals surface area contributed by atoms with Gasteiger partial charge >= 0.3 is 5.97 Å². The molecule has 1 aromatic heterocycles. The van der Waals surface area contributed by atoms with Gasteiger partial charge in [-0.3, -0.25) is 0 Å². The first-order valence-electron chi connectivity index (χ1n) is 5.08. The van der Waals surface area contributed by atoms with E-state index in [1.165, 1.54) is 4.68 Å². The van der Waals surface area contributed by atoms with Crippen LogP contribution in [-0.4, -0.2) is 50.5 Å². The Balaban J connectivity index is 2.90. The molecule has 0 fully saturated rings. The molecular formula is C9H14ClN3O4. The summed E-state index contributed by atoms with van der Waals surface area (Å²) in [5.74, 6) is -0.591. The summed E-state index contributed by atoms with van der Waals surface area (Å²) in [6, 6.07) is 0. The van der Waals surface area contributed by atoms with E-state index in [2.05, 4.69) is 10.3 Å². The van der Waals surface area contributed by atoms with E-state index in [-0.39, 0.29) is 24.7 Å². The highest BCUT2D eigenvalue weighted by Crippen LogP contribution is 2.11. The van der Waals surface area contributed by atoms with Crippen LogP contribution < -0.4 is 0 Å². The van der Waals surface area contributed by atoms with Gasteiger partial charge in [0.15, 0.2) is 5.69 Å². The van der Waals surface area contributed by atoms with Gasteiger partial charge < -0.3 is 14.9 Å². The van der Waals surface area contributed by atoms with Crippen molar-refractivity contribution in [1.29, 1.82) is 0 Å². The highest BCUT2D eigenvalue weighted by molar-refractivity contribution is 6.17. The van der Waals surface area contributed by atoms with Crippen molar-refractivity contribution >= 4 is 17.6 Å². The summed E-state index contributed by atoms with van der Waals surface area (Å²) in [4.78, 5) is 11.5. The normalized spacial score (nSPS) is 12.5. The van der Waals surface area contributed by atoms with E-state index in [4.69, 9.17) is 21.4 Å². The zero-order valence-electron chi connectivity index (χ0n) is 9.34. The lowest BCUT2D eigenvalue weighted by Crippen LogP contribution is -2.22. The number of aliphatic hydroxyl groups excluding tert-OH is 2. The number of nitrogens with zero attached hydrogens (tertiary/aromatic N) is 3. The quantitative estimate of drug-likeness (QED) is 0.533. The van der Waals surface area contributed by atoms with E-state index in [1.54, 1.807) is 6.92 Å². The SMILES string of the molecule is CCOC(=O)c1nnn(CC(O)CO)c1CCl. The zero-order chi connectivity index (χ0) is 12.8. The van der Waals surface area contributed by atoms with Crippen molar-refractivity contribution in [2.24, 2.45) is 0 Å². The molecule has 1 rings (SSSR count). The highest BCUT2D eigenvalue weighted by atomic mass is 35.5. The molecule has 0 radical (unpaired) electrons. The number of alkyl halides is 1. The van der Waals surface area contributed by atoms with Crippen LogP contribution in [0.3, 0.4) is 0 Å². The fraction of sp³-hybridized carbons (Fsp3) is 0.667. The molecule has 7 nitrogen and oxygen atoms in total. The van der Waals surface area contributed by atoms with Crippen molar-refractivity contribution in [1.82, 2.24) is 15.0 Å². The topological polar surface area (TPSA) is 97.5 Å². The van der Waals surface area contributed by atoms with Gasteiger partial charge in [0.1, 0.15) is 0 Å². The fourth-order valence-corrected chi connectivity index (χ4v) is 1.49. The lowest BCUT2D eigenvalue weighted by molar-refractivity contribution is 0.0517. The molecule has 0 saturated heterocycles. The Bertz CT molecular complexity index is 382. The maximum atomic E-state index is 11.5. The van der Waals surface area contributed by atoms with Gasteiger partial charge in [-0.2, -0.15) is 0 Å². The van der Waals surface area contributed by atoms with Crippen LogP contribution in [0.15, 0.2) is 0 Å². The summed E-state index contributed by atoms with van der Waals surface area (Å²) in [6.07, 6.45) is -0.978. The number of esters is 1. The van der Waals surface area contributed by atoms with Crippen LogP contribution in [0.25, 0.3) is 0 Å². The highest BCUT2D eigenvalue weighted by Gasteiger charge is 2.21. The van der Waals surface area contributed by atoms with E-state index >= 15 is 0 Å². The Morgan fingerprint density at radius 2 is 2.35 bits per heavy atom. The average molecular weight is 264 g/mol. The van der Waals surface area contributed by atoms with E-state index in [0.717, 1.165) is 0 Å². The third-order valence-electron chi connectivity index (χ3n) is 2.03. The second kappa shape index (κ2) is 6.53. The number of rotatable bonds is 6. The Kier molecular flexibility index (Phi) is 5.33. The van der Waals surface area contributed by atoms with Gasteiger partial charge in [0.2, 0.25) is 0 Å². The summed E-state index contributed by atoms with van der Waals surface area (Å²) >= 11 is 5.70. The average Bonchev–Trinajstić information content (AvgIpc) is 2.72. The summed E-state index contributed by atoms with van der Waals surface area (Å²) in [5, 5.41) is 25.4. The molecule has 0 saturated carbocycles. The van der Waals surface area contributed by atoms with Gasteiger partial charge in [-0.1, -0.05) is 5.21 Å². The molecule has 0 bridgehead atoms. The van der Waals surface area contributed by atoms with Crippen LogP contribution in [-0.2, 0) is 17.2 Å². The third kappa shape index (κ3) is 3.39. The van der Waals surface area contributed by atoms with E-state index < -0.39 is 18.7 Å². The minimum atomic E-state index is -0.978. The molecule has 0 aliphatic rings. The van der Waals surface area contributed by atoms with E-state index in [9.17, 15) is 9.90 Å². The van der Waals surface area contributed by atoms with Gasteiger partial charge in [0.25, 0.3) is 0 Å². The van der Waals surface area contributed by atoms with Crippen LogP contribution in [0, 0.1) is 0 Å². The standard InChI is InChI=1S/C9H14ClN3O4/c1-2-17-9(16)8-7(3-10)13(12-11-8)4-6(15)5-14/h6,14-15H,2-5H2,1H3. The maximum absolute atomic E-state index is 11.5. The Labute approximate surface area is 103 Å². The molecule has 0 amide bonds. The van der Waals surface area contributed by atoms with Gasteiger partial charge in [-0.05, 0) is 6.92 Å². The van der Waals surface area contributed by atoms with Crippen LogP contribution in [0.4, 0.5) is 0 Å². The molecule has 0 aliphatic carbocycles. The molecule has 8 heteroatoms. The monoisotopic (exact) mass is 263 g/mol. The molecule has 0 aromatic carbocycles. The first kappa shape index (κ1) is 13.9. The van der Waals surface area contributed by atoms with Gasteiger partial charge in [0.05, 0.1) is 37.4 Å². The molecule has 1 atom stereocenters. The van der Waals surface area contributed by atoms with Crippen molar-refractivity contribution in [3.8, 4) is 0 Å². The molecule has 17 heavy (non-hydrogen) atoms. The van der Waals surface area contributed by atoms with Crippen LogP contribution in [0.1, 0.15) is 23.1 Å². The Morgan fingerprint density at radius 1 is 1.65 bits per heavy atom. The summed E-state index contributed by atoms with van der Waals surface area (Å²) in [5.41, 5.74) is 0.393. The minimum Gasteiger partial charge on any atom is -0.461 e. The van der Waals surface area contributed by atoms with Crippen molar-refractivity contribution in [3.05, 3.63) is 11.4 Å². The molecular weight excluding hydrogens is 250 g/mol. The second-order valence-corrected chi connectivity index (χ2v) is 3.52. The molecule has 2 N–H and O–H groups in total. The Hall–Kier alpha value is -1.18. The molecule has 0 aliphatic heterocycles. The number of halogens is 1. The first-order chi connectivity index (χ1) is 8.13. The van der Waals surface area contributed by atoms with E-state index in [1.807, 2.05) is 0 Å². The molecule has 96 valence electrons. The molecule has 1 unspecified atom stereocenters. The second-order valence-electron chi connectivity index (χ2n) is 3.26. The predicted molar refractivity (Wildman–Crippen MR) is 58.6 cm³/mol. The van der Waals surface area contributed by atoms with Gasteiger partial charge in [0, 0.05) is 0 Å². The number of aliphatic hydroxyl groups is 2. The van der Waals surface area contributed by atoms with Crippen LogP contribution in [0.2, 0.25) is 0 Å². The number of hydrogen-bond acceptors (Lipinski definition) is 6. The van der Waals surface area contributed by atoms with Crippen molar-refractivity contribution in [3.63, 3.8) is 0 Å². The zero-order valence-corrected chi connectivity index (χ0v) is 10.1. The smallest absolute Gasteiger partial charge is 0.360 e. The molecule has 1 aromatic rings. The van der Waals surface area contributed by atoms with Crippen molar-refractivity contribution in [2.45, 2.75) is 25.5 Å². The number of carbonyl (C=O) groups is 1. The number of carbonyl (C=O) groups excluding carboxylic acids is 1. The lowest BCUT2D eigenvalue weighted by Gasteiger charge is -2.08. The Morgan fingerprint density at radius 3 is 2.88 bits per heavy atom. The van der Waals surface area contributed by atoms with Gasteiger partial charge in [-0.15, -0.1) is 16.7 Å². The lowest BCUT2D eigenvalue weighted by atomic mass is 10.3. The summed E-state index contributed by atoms with van der Waals surface area (Å²) in [7, 11) is 0. The predicted octanol–water partition coefficient (Wildman–Crippen LogP) is -0.453. The maximum Gasteiger partial charge on any atom is 0.360 e. The number of aromatic nitrogens is 3. The largest absolute Gasteiger partial charge is 0.461 e. The first-order valence-corrected chi connectivity index (χ1v) is 5.61. The number of hydrogen-bond donors (Lipinski definition) is 2. The minimum absolute atomic E-state index is 0.0132. The third-order valence-corrected chi connectivity index (χ3v) is 2.28. The van der Waals surface area contributed by atoms with E-state index in [0.29, 0.717) is 5.69 Å². The molecule has 0 spiro atoms. The summed E-state index contributed by atoms with van der Waals surface area (Å²) in [6.45, 7) is 1.52. The number of ether oxygens (including phenoxy) is 1. The van der Waals surface area contributed by atoms with Crippen molar-refractivity contribution in [2.75, 3.05) is 13.2 Å². The molecule has 1 heterocycles. The van der Waals surface area contributed by atoms with Crippen LogP contribution in [0.5, 0.6) is 0 Å². The summed E-state index contributed by atoms with van der Waals surface area (Å²) < 4.78 is 6.07. The fourth-order valence-electron chi connectivity index (χ4n) is 1.23. The van der Waals surface area contributed by atoms with Gasteiger partial charge in [-0.25, -0.2) is 9.48 Å².